The van der Waals surface area contributed by atoms with Crippen molar-refractivity contribution in [1.29, 1.82) is 5.26 Å². The third-order valence-electron chi connectivity index (χ3n) is 4.60. The first-order valence-electron chi connectivity index (χ1n) is 6.29. The Bertz CT molecular complexity index is 434. The summed E-state index contributed by atoms with van der Waals surface area (Å²) in [6, 6.07) is 7.79. The van der Waals surface area contributed by atoms with Crippen LogP contribution in [0.2, 0.25) is 0 Å². The Morgan fingerprint density at radius 2 is 1.88 bits per heavy atom. The van der Waals surface area contributed by atoms with Gasteiger partial charge in [0.25, 0.3) is 0 Å². The number of rotatable bonds is 1. The molecule has 2 atom stereocenters. The van der Waals surface area contributed by atoms with Crippen LogP contribution in [-0.2, 0) is 5.41 Å². The molecule has 2 aliphatic rings. The fourth-order valence-electron chi connectivity index (χ4n) is 3.53. The molecule has 1 aromatic heterocycles. The molecule has 2 bridgehead atoms. The number of hydrogen-bond acceptors (Lipinski definition) is 3. The van der Waals surface area contributed by atoms with Gasteiger partial charge in [0.2, 0.25) is 0 Å². The van der Waals surface area contributed by atoms with E-state index in [-0.39, 0.29) is 5.41 Å². The Morgan fingerprint density at radius 1 is 1.29 bits per heavy atom. The Kier molecular flexibility index (Phi) is 2.41. The van der Waals surface area contributed by atoms with E-state index in [2.05, 4.69) is 23.0 Å². The van der Waals surface area contributed by atoms with Crippen LogP contribution in [0.1, 0.15) is 31.2 Å². The van der Waals surface area contributed by atoms with E-state index in [1.54, 1.807) is 12.4 Å². The number of nitrogens with zero attached hydrogens (tertiary/aromatic N) is 3. The third-order valence-corrected chi connectivity index (χ3v) is 4.60. The summed E-state index contributed by atoms with van der Waals surface area (Å²) in [6.45, 7) is 0. The highest BCUT2D eigenvalue weighted by molar-refractivity contribution is 5.33. The molecule has 0 aliphatic carbocycles. The van der Waals surface area contributed by atoms with Crippen LogP contribution in [0.4, 0.5) is 0 Å². The molecule has 1 aromatic rings. The minimum atomic E-state index is -0.277. The van der Waals surface area contributed by atoms with Crippen molar-refractivity contribution in [3.05, 3.63) is 30.1 Å². The first kappa shape index (κ1) is 10.7. The fourth-order valence-corrected chi connectivity index (χ4v) is 3.53. The first-order chi connectivity index (χ1) is 8.25. The lowest BCUT2D eigenvalue weighted by molar-refractivity contribution is 0.135. The predicted octanol–water partition coefficient (Wildman–Crippen LogP) is 2.10. The monoisotopic (exact) mass is 227 g/mol. The number of nitriles is 1. The van der Waals surface area contributed by atoms with Gasteiger partial charge in [0.15, 0.2) is 0 Å². The zero-order valence-electron chi connectivity index (χ0n) is 10.1. The molecule has 3 heteroatoms. The second-order valence-corrected chi connectivity index (χ2v) is 5.39. The largest absolute Gasteiger partial charge is 0.300 e. The molecule has 17 heavy (non-hydrogen) atoms. The summed E-state index contributed by atoms with van der Waals surface area (Å²) >= 11 is 0. The predicted molar refractivity (Wildman–Crippen MR) is 65.3 cm³/mol. The maximum atomic E-state index is 9.66. The van der Waals surface area contributed by atoms with Gasteiger partial charge in [0.05, 0.1) is 11.5 Å². The van der Waals surface area contributed by atoms with Gasteiger partial charge in [-0.05, 0) is 50.4 Å². The molecular formula is C14H17N3. The molecule has 2 aliphatic heterocycles. The minimum Gasteiger partial charge on any atom is -0.300 e. The molecule has 3 nitrogen and oxygen atoms in total. The Labute approximate surface area is 102 Å². The minimum absolute atomic E-state index is 0.277. The quantitative estimate of drug-likeness (QED) is 0.737. The third kappa shape index (κ3) is 1.56. The highest BCUT2D eigenvalue weighted by Crippen LogP contribution is 2.45. The van der Waals surface area contributed by atoms with E-state index in [0.717, 1.165) is 18.4 Å². The van der Waals surface area contributed by atoms with E-state index in [1.165, 1.54) is 12.8 Å². The average Bonchev–Trinajstić information content (AvgIpc) is 2.63. The Hall–Kier alpha value is -1.40. The molecule has 0 amide bonds. The van der Waals surface area contributed by atoms with Crippen LogP contribution < -0.4 is 0 Å². The average molecular weight is 227 g/mol. The van der Waals surface area contributed by atoms with Gasteiger partial charge in [0, 0.05) is 24.5 Å². The number of aromatic nitrogens is 1. The summed E-state index contributed by atoms with van der Waals surface area (Å²) in [4.78, 5) is 6.52. The summed E-state index contributed by atoms with van der Waals surface area (Å²) < 4.78 is 0. The molecule has 3 rings (SSSR count). The summed E-state index contributed by atoms with van der Waals surface area (Å²) in [7, 11) is 2.20. The van der Waals surface area contributed by atoms with Crippen LogP contribution >= 0.6 is 0 Å². The van der Waals surface area contributed by atoms with Crippen LogP contribution in [0.3, 0.4) is 0 Å². The van der Waals surface area contributed by atoms with Crippen molar-refractivity contribution >= 4 is 0 Å². The first-order valence-corrected chi connectivity index (χ1v) is 6.29. The normalized spacial score (nSPS) is 36.7. The molecule has 0 spiro atoms. The Balaban J connectivity index is 1.98. The van der Waals surface area contributed by atoms with E-state index < -0.39 is 0 Å². The van der Waals surface area contributed by atoms with E-state index in [0.29, 0.717) is 12.1 Å². The van der Waals surface area contributed by atoms with Gasteiger partial charge >= 0.3 is 0 Å². The second-order valence-electron chi connectivity index (χ2n) is 5.39. The van der Waals surface area contributed by atoms with Crippen molar-refractivity contribution in [2.75, 3.05) is 7.05 Å². The molecule has 88 valence electrons. The van der Waals surface area contributed by atoms with Gasteiger partial charge in [-0.2, -0.15) is 5.26 Å². The van der Waals surface area contributed by atoms with Crippen molar-refractivity contribution in [2.24, 2.45) is 0 Å². The van der Waals surface area contributed by atoms with Crippen LogP contribution in [-0.4, -0.2) is 29.0 Å². The van der Waals surface area contributed by atoms with Gasteiger partial charge in [0.1, 0.15) is 0 Å². The summed E-state index contributed by atoms with van der Waals surface area (Å²) in [6.07, 6.45) is 8.04. The zero-order valence-corrected chi connectivity index (χ0v) is 10.1. The molecule has 0 N–H and O–H groups in total. The Morgan fingerprint density at radius 3 is 2.41 bits per heavy atom. The fraction of sp³-hybridized carbons (Fsp3) is 0.571. The molecule has 3 heterocycles. The van der Waals surface area contributed by atoms with E-state index >= 15 is 0 Å². The van der Waals surface area contributed by atoms with Gasteiger partial charge in [-0.1, -0.05) is 0 Å². The van der Waals surface area contributed by atoms with E-state index in [9.17, 15) is 5.26 Å². The van der Waals surface area contributed by atoms with Gasteiger partial charge in [-0.3, -0.25) is 4.98 Å². The van der Waals surface area contributed by atoms with E-state index in [4.69, 9.17) is 0 Å². The van der Waals surface area contributed by atoms with Crippen LogP contribution in [0.5, 0.6) is 0 Å². The summed E-state index contributed by atoms with van der Waals surface area (Å²) in [5, 5.41) is 9.66. The molecular weight excluding hydrogens is 210 g/mol. The molecule has 0 saturated carbocycles. The SMILES string of the molecule is CN1C2CCC1CC(C#N)(c1ccncc1)C2. The maximum Gasteiger partial charge on any atom is 0.0853 e. The van der Waals surface area contributed by atoms with Gasteiger partial charge < -0.3 is 4.90 Å². The van der Waals surface area contributed by atoms with Gasteiger partial charge in [-0.15, -0.1) is 0 Å². The van der Waals surface area contributed by atoms with Crippen molar-refractivity contribution in [1.82, 2.24) is 9.88 Å². The molecule has 2 fully saturated rings. The topological polar surface area (TPSA) is 39.9 Å². The highest BCUT2D eigenvalue weighted by atomic mass is 15.2. The van der Waals surface area contributed by atoms with Crippen molar-refractivity contribution in [2.45, 2.75) is 43.2 Å². The van der Waals surface area contributed by atoms with Crippen molar-refractivity contribution < 1.29 is 0 Å². The highest BCUT2D eigenvalue weighted by Gasteiger charge is 2.48. The molecule has 0 radical (unpaired) electrons. The summed E-state index contributed by atoms with van der Waals surface area (Å²) in [5.74, 6) is 0. The number of fused-ring (bicyclic) bond motifs is 2. The number of hydrogen-bond donors (Lipinski definition) is 0. The lowest BCUT2D eigenvalue weighted by Gasteiger charge is -2.41. The maximum absolute atomic E-state index is 9.66. The van der Waals surface area contributed by atoms with Crippen molar-refractivity contribution in [3.63, 3.8) is 0 Å². The molecule has 2 unspecified atom stereocenters. The molecule has 2 saturated heterocycles. The summed E-state index contributed by atoms with van der Waals surface area (Å²) in [5.41, 5.74) is 0.876. The lowest BCUT2D eigenvalue weighted by atomic mass is 9.71. The second kappa shape index (κ2) is 3.82. The lowest BCUT2D eigenvalue weighted by Crippen LogP contribution is -2.47. The van der Waals surface area contributed by atoms with Crippen LogP contribution in [0.25, 0.3) is 0 Å². The van der Waals surface area contributed by atoms with Crippen molar-refractivity contribution in [3.8, 4) is 6.07 Å². The van der Waals surface area contributed by atoms with Crippen LogP contribution in [0, 0.1) is 11.3 Å². The number of piperidine rings is 1. The zero-order chi connectivity index (χ0) is 11.9. The smallest absolute Gasteiger partial charge is 0.0853 e. The molecule has 0 aromatic carbocycles. The van der Waals surface area contributed by atoms with Gasteiger partial charge in [-0.25, -0.2) is 0 Å². The van der Waals surface area contributed by atoms with E-state index in [1.807, 2.05) is 12.1 Å². The number of pyridine rings is 1. The standard InChI is InChI=1S/C14H17N3/c1-17-12-2-3-13(17)9-14(8-12,10-15)11-4-6-16-7-5-11/h4-7,12-13H,2-3,8-9H2,1H3. The van der Waals surface area contributed by atoms with Crippen LogP contribution in [0.15, 0.2) is 24.5 Å².